The van der Waals surface area contributed by atoms with E-state index in [1.165, 1.54) is 25.1 Å². The number of rotatable bonds is 8. The third-order valence-corrected chi connectivity index (χ3v) is 4.01. The summed E-state index contributed by atoms with van der Waals surface area (Å²) < 4.78 is 4.92. The average molecular weight is 396 g/mol. The van der Waals surface area contributed by atoms with E-state index < -0.39 is 35.2 Å². The van der Waals surface area contributed by atoms with Crippen LogP contribution in [0.2, 0.25) is 0 Å². The maximum absolute atomic E-state index is 12.1. The van der Waals surface area contributed by atoms with Crippen molar-refractivity contribution in [1.82, 2.24) is 5.32 Å². The summed E-state index contributed by atoms with van der Waals surface area (Å²) >= 11 is 0. The van der Waals surface area contributed by atoms with Crippen LogP contribution >= 0.6 is 0 Å². The second kappa shape index (κ2) is 9.93. The first kappa shape index (κ1) is 21.5. The van der Waals surface area contributed by atoms with Gasteiger partial charge in [-0.2, -0.15) is 0 Å². The largest absolute Gasteiger partial charge is 0.456 e. The Hall–Kier alpha value is -3.81. The van der Waals surface area contributed by atoms with E-state index in [-0.39, 0.29) is 11.3 Å². The van der Waals surface area contributed by atoms with Crippen molar-refractivity contribution in [2.75, 3.05) is 6.61 Å². The number of Topliss-reactive ketones (excluding diaryl/α,β-unsaturated/α-hetero) is 1. The van der Waals surface area contributed by atoms with Gasteiger partial charge >= 0.3 is 5.97 Å². The van der Waals surface area contributed by atoms with Crippen LogP contribution in [0, 0.1) is 17.0 Å². The lowest BCUT2D eigenvalue weighted by Gasteiger charge is -2.12. The summed E-state index contributed by atoms with van der Waals surface area (Å²) in [4.78, 5) is 46.4. The molecule has 0 aliphatic rings. The van der Waals surface area contributed by atoms with Gasteiger partial charge in [-0.3, -0.25) is 19.7 Å². The van der Waals surface area contributed by atoms with E-state index in [9.17, 15) is 24.5 Å². The lowest BCUT2D eigenvalue weighted by Crippen LogP contribution is -2.39. The molecule has 2 rings (SSSR count). The minimum atomic E-state index is -0.969. The second-order valence-electron chi connectivity index (χ2n) is 6.26. The molecule has 0 heterocycles. The summed E-state index contributed by atoms with van der Waals surface area (Å²) in [6.07, 6.45) is 2.89. The number of carbonyl (C=O) groups is 3. The predicted octanol–water partition coefficient (Wildman–Crippen LogP) is 2.85. The van der Waals surface area contributed by atoms with Gasteiger partial charge in [0, 0.05) is 23.3 Å². The molecule has 2 aromatic rings. The van der Waals surface area contributed by atoms with E-state index in [4.69, 9.17) is 4.74 Å². The molecule has 0 unspecified atom stereocenters. The SMILES string of the molecule is Cc1ccc(C(=O)COC(=O)[C@H](C)NC(=O)/C=C/c2ccccc2)cc1[N+](=O)[O-]. The molecule has 0 radical (unpaired) electrons. The van der Waals surface area contributed by atoms with Crippen LogP contribution in [0.5, 0.6) is 0 Å². The van der Waals surface area contributed by atoms with Crippen molar-refractivity contribution in [3.8, 4) is 0 Å². The molecule has 1 N–H and O–H groups in total. The molecule has 2 aromatic carbocycles. The molecule has 0 aliphatic carbocycles. The van der Waals surface area contributed by atoms with E-state index in [0.717, 1.165) is 11.6 Å². The number of hydrogen-bond donors (Lipinski definition) is 1. The summed E-state index contributed by atoms with van der Waals surface area (Å²) in [5.41, 5.74) is 1.13. The zero-order valence-corrected chi connectivity index (χ0v) is 16.0. The van der Waals surface area contributed by atoms with Crippen LogP contribution in [0.15, 0.2) is 54.6 Å². The molecule has 1 atom stereocenters. The topological polar surface area (TPSA) is 116 Å². The summed E-state index contributed by atoms with van der Waals surface area (Å²) in [6, 6.07) is 12.2. The lowest BCUT2D eigenvalue weighted by molar-refractivity contribution is -0.385. The molecule has 0 saturated heterocycles. The van der Waals surface area contributed by atoms with Crippen molar-refractivity contribution in [2.24, 2.45) is 0 Å². The van der Waals surface area contributed by atoms with Crippen LogP contribution in [-0.2, 0) is 14.3 Å². The number of ketones is 1. The fourth-order valence-electron chi connectivity index (χ4n) is 2.38. The van der Waals surface area contributed by atoms with E-state index in [0.29, 0.717) is 5.56 Å². The number of nitro benzene ring substituents is 1. The van der Waals surface area contributed by atoms with E-state index in [1.54, 1.807) is 13.0 Å². The van der Waals surface area contributed by atoms with Crippen LogP contribution in [0.25, 0.3) is 6.08 Å². The first-order chi connectivity index (χ1) is 13.8. The van der Waals surface area contributed by atoms with Crippen LogP contribution in [0.1, 0.15) is 28.4 Å². The van der Waals surface area contributed by atoms with Gasteiger partial charge in [0.15, 0.2) is 6.61 Å². The Morgan fingerprint density at radius 1 is 1.17 bits per heavy atom. The fourth-order valence-corrected chi connectivity index (χ4v) is 2.38. The van der Waals surface area contributed by atoms with Crippen molar-refractivity contribution in [1.29, 1.82) is 0 Å². The van der Waals surface area contributed by atoms with Crippen molar-refractivity contribution in [3.63, 3.8) is 0 Å². The number of nitrogens with one attached hydrogen (secondary N) is 1. The predicted molar refractivity (Wildman–Crippen MR) is 106 cm³/mol. The maximum Gasteiger partial charge on any atom is 0.328 e. The van der Waals surface area contributed by atoms with Gasteiger partial charge in [-0.1, -0.05) is 42.5 Å². The number of esters is 1. The molecule has 0 spiro atoms. The van der Waals surface area contributed by atoms with Crippen molar-refractivity contribution in [3.05, 3.63) is 81.4 Å². The van der Waals surface area contributed by atoms with E-state index in [2.05, 4.69) is 5.32 Å². The summed E-state index contributed by atoms with van der Waals surface area (Å²) in [5, 5.41) is 13.4. The van der Waals surface area contributed by atoms with Crippen molar-refractivity contribution < 1.29 is 24.0 Å². The smallest absolute Gasteiger partial charge is 0.328 e. The van der Waals surface area contributed by atoms with Gasteiger partial charge in [0.05, 0.1) is 4.92 Å². The number of nitro groups is 1. The number of carbonyl (C=O) groups excluding carboxylic acids is 3. The van der Waals surface area contributed by atoms with E-state index >= 15 is 0 Å². The first-order valence-electron chi connectivity index (χ1n) is 8.76. The van der Waals surface area contributed by atoms with Crippen LogP contribution in [-0.4, -0.2) is 35.2 Å². The van der Waals surface area contributed by atoms with Gasteiger partial charge in [0.25, 0.3) is 5.69 Å². The van der Waals surface area contributed by atoms with Crippen LogP contribution < -0.4 is 5.32 Å². The molecular weight excluding hydrogens is 376 g/mol. The number of ether oxygens (including phenoxy) is 1. The van der Waals surface area contributed by atoms with Gasteiger partial charge in [0.1, 0.15) is 6.04 Å². The second-order valence-corrected chi connectivity index (χ2v) is 6.26. The summed E-state index contributed by atoms with van der Waals surface area (Å²) in [7, 11) is 0. The highest BCUT2D eigenvalue weighted by Gasteiger charge is 2.19. The molecule has 1 amide bonds. The molecule has 8 nitrogen and oxygen atoms in total. The molecule has 29 heavy (non-hydrogen) atoms. The molecule has 0 aliphatic heterocycles. The number of benzene rings is 2. The highest BCUT2D eigenvalue weighted by Crippen LogP contribution is 2.19. The summed E-state index contributed by atoms with van der Waals surface area (Å²) in [5.74, 6) is -1.86. The third kappa shape index (κ3) is 6.39. The standard InChI is InChI=1S/C21H20N2O6/c1-14-8-10-17(12-18(14)23(27)28)19(24)13-29-21(26)15(2)22-20(25)11-9-16-6-4-3-5-7-16/h3-12,15H,13H2,1-2H3,(H,22,25)/b11-9+/t15-/m0/s1. The highest BCUT2D eigenvalue weighted by molar-refractivity contribution is 5.99. The minimum Gasteiger partial charge on any atom is -0.456 e. The number of hydrogen-bond acceptors (Lipinski definition) is 6. The molecule has 8 heteroatoms. The monoisotopic (exact) mass is 396 g/mol. The number of nitrogens with zero attached hydrogens (tertiary/aromatic N) is 1. The van der Waals surface area contributed by atoms with Gasteiger partial charge < -0.3 is 10.1 Å². The third-order valence-electron chi connectivity index (χ3n) is 4.01. The lowest BCUT2D eigenvalue weighted by atomic mass is 10.1. The van der Waals surface area contributed by atoms with Crippen molar-refractivity contribution in [2.45, 2.75) is 19.9 Å². The Labute approximate surface area is 167 Å². The number of amides is 1. The highest BCUT2D eigenvalue weighted by atomic mass is 16.6. The normalized spacial score (nSPS) is 11.7. The van der Waals surface area contributed by atoms with Gasteiger partial charge in [-0.25, -0.2) is 4.79 Å². The molecule has 0 fully saturated rings. The van der Waals surface area contributed by atoms with E-state index in [1.807, 2.05) is 30.3 Å². The Kier molecular flexibility index (Phi) is 7.36. The minimum absolute atomic E-state index is 0.0672. The average Bonchev–Trinajstić information content (AvgIpc) is 2.71. The van der Waals surface area contributed by atoms with Crippen LogP contribution in [0.3, 0.4) is 0 Å². The molecular formula is C21H20N2O6. The molecule has 0 aromatic heterocycles. The molecule has 0 saturated carbocycles. The summed E-state index contributed by atoms with van der Waals surface area (Å²) in [6.45, 7) is 2.40. The molecule has 150 valence electrons. The van der Waals surface area contributed by atoms with Gasteiger partial charge in [0.2, 0.25) is 11.7 Å². The zero-order valence-electron chi connectivity index (χ0n) is 16.0. The van der Waals surface area contributed by atoms with Gasteiger partial charge in [-0.15, -0.1) is 0 Å². The fraction of sp³-hybridized carbons (Fsp3) is 0.190. The maximum atomic E-state index is 12.1. The van der Waals surface area contributed by atoms with Gasteiger partial charge in [-0.05, 0) is 25.5 Å². The van der Waals surface area contributed by atoms with Crippen LogP contribution in [0.4, 0.5) is 5.69 Å². The zero-order chi connectivity index (χ0) is 21.4. The Morgan fingerprint density at radius 3 is 2.52 bits per heavy atom. The Balaban J connectivity index is 1.87. The van der Waals surface area contributed by atoms with Crippen molar-refractivity contribution >= 4 is 29.4 Å². The Morgan fingerprint density at radius 2 is 1.86 bits per heavy atom. The number of aryl methyl sites for hydroxylation is 1. The first-order valence-corrected chi connectivity index (χ1v) is 8.76. The molecule has 0 bridgehead atoms. The Bertz CT molecular complexity index is 953. The quantitative estimate of drug-likeness (QED) is 0.241.